The van der Waals surface area contributed by atoms with Crippen LogP contribution in [0.1, 0.15) is 31.1 Å². The van der Waals surface area contributed by atoms with E-state index in [2.05, 4.69) is 15.6 Å². The summed E-state index contributed by atoms with van der Waals surface area (Å²) in [5.74, 6) is -3.08. The molecular weight excluding hydrogens is 370 g/mol. The van der Waals surface area contributed by atoms with E-state index in [4.69, 9.17) is 10.2 Å². The zero-order valence-electron chi connectivity index (χ0n) is 13.7. The van der Waals surface area contributed by atoms with Gasteiger partial charge in [-0.3, -0.25) is 4.79 Å². The number of amides is 1. The SMILES string of the molecule is O=C(O)c1cc(NC(=O)c2cccc(Nc3nccs3)c2)cc(C(=O)O)c1. The molecule has 2 aromatic carbocycles. The Hall–Kier alpha value is -3.72. The number of hydrogen-bond donors (Lipinski definition) is 4. The number of nitrogens with zero attached hydrogens (tertiary/aromatic N) is 1. The molecule has 0 saturated heterocycles. The number of carbonyl (C=O) groups excluding carboxylic acids is 1. The molecule has 1 heterocycles. The molecule has 0 aliphatic rings. The fourth-order valence-electron chi connectivity index (χ4n) is 2.30. The van der Waals surface area contributed by atoms with Crippen LogP contribution >= 0.6 is 11.3 Å². The second kappa shape index (κ2) is 7.67. The highest BCUT2D eigenvalue weighted by atomic mass is 32.1. The number of anilines is 3. The van der Waals surface area contributed by atoms with Gasteiger partial charge in [-0.15, -0.1) is 11.3 Å². The first-order chi connectivity index (χ1) is 12.9. The van der Waals surface area contributed by atoms with Crippen LogP contribution in [-0.2, 0) is 0 Å². The fraction of sp³-hybridized carbons (Fsp3) is 0. The van der Waals surface area contributed by atoms with Gasteiger partial charge >= 0.3 is 11.9 Å². The van der Waals surface area contributed by atoms with Gasteiger partial charge in [0.1, 0.15) is 0 Å². The van der Waals surface area contributed by atoms with Gasteiger partial charge < -0.3 is 20.8 Å². The second-order valence-electron chi connectivity index (χ2n) is 5.41. The number of aromatic carboxylic acids is 2. The van der Waals surface area contributed by atoms with Gasteiger partial charge in [0.15, 0.2) is 5.13 Å². The van der Waals surface area contributed by atoms with Crippen molar-refractivity contribution in [1.82, 2.24) is 4.98 Å². The second-order valence-corrected chi connectivity index (χ2v) is 6.30. The van der Waals surface area contributed by atoms with Crippen molar-refractivity contribution in [2.45, 2.75) is 0 Å². The molecule has 3 rings (SSSR count). The van der Waals surface area contributed by atoms with Crippen LogP contribution in [-0.4, -0.2) is 33.0 Å². The van der Waals surface area contributed by atoms with E-state index in [1.165, 1.54) is 23.5 Å². The summed E-state index contributed by atoms with van der Waals surface area (Å²) >= 11 is 1.41. The van der Waals surface area contributed by atoms with Crippen LogP contribution in [0.3, 0.4) is 0 Å². The van der Waals surface area contributed by atoms with Gasteiger partial charge in [-0.2, -0.15) is 0 Å². The van der Waals surface area contributed by atoms with Crippen LogP contribution in [0.15, 0.2) is 54.0 Å². The highest BCUT2D eigenvalue weighted by Gasteiger charge is 2.14. The van der Waals surface area contributed by atoms with E-state index in [0.717, 1.165) is 6.07 Å². The first-order valence-corrected chi connectivity index (χ1v) is 8.50. The highest BCUT2D eigenvalue weighted by Crippen LogP contribution is 2.21. The van der Waals surface area contributed by atoms with Crippen LogP contribution in [0.4, 0.5) is 16.5 Å². The number of aromatic nitrogens is 1. The van der Waals surface area contributed by atoms with Gasteiger partial charge in [-0.1, -0.05) is 6.07 Å². The summed E-state index contributed by atoms with van der Waals surface area (Å²) in [4.78, 5) is 38.9. The number of hydrogen-bond acceptors (Lipinski definition) is 6. The Labute approximate surface area is 157 Å². The minimum absolute atomic E-state index is 0.0792. The van der Waals surface area contributed by atoms with Crippen molar-refractivity contribution in [3.05, 3.63) is 70.7 Å². The first kappa shape index (κ1) is 18.1. The number of carbonyl (C=O) groups is 3. The lowest BCUT2D eigenvalue weighted by molar-refractivity contribution is 0.0696. The maximum atomic E-state index is 12.5. The maximum Gasteiger partial charge on any atom is 0.335 e. The molecule has 0 spiro atoms. The molecule has 1 amide bonds. The maximum absolute atomic E-state index is 12.5. The highest BCUT2D eigenvalue weighted by molar-refractivity contribution is 7.13. The summed E-state index contributed by atoms with van der Waals surface area (Å²) in [6.07, 6.45) is 1.65. The van der Waals surface area contributed by atoms with Crippen molar-refractivity contribution in [3.8, 4) is 0 Å². The monoisotopic (exact) mass is 383 g/mol. The predicted molar refractivity (Wildman–Crippen MR) is 100 cm³/mol. The third-order valence-corrected chi connectivity index (χ3v) is 4.18. The van der Waals surface area contributed by atoms with E-state index >= 15 is 0 Å². The molecule has 0 aliphatic carbocycles. The molecule has 0 aliphatic heterocycles. The molecule has 8 nitrogen and oxygen atoms in total. The topological polar surface area (TPSA) is 129 Å². The molecule has 9 heteroatoms. The van der Waals surface area contributed by atoms with Crippen molar-refractivity contribution in [2.75, 3.05) is 10.6 Å². The van der Waals surface area contributed by atoms with E-state index in [1.54, 1.807) is 30.5 Å². The van der Waals surface area contributed by atoms with Gasteiger partial charge in [0.25, 0.3) is 5.91 Å². The molecule has 0 unspecified atom stereocenters. The van der Waals surface area contributed by atoms with Crippen LogP contribution in [0.5, 0.6) is 0 Å². The van der Waals surface area contributed by atoms with Crippen LogP contribution < -0.4 is 10.6 Å². The number of nitrogens with one attached hydrogen (secondary N) is 2. The lowest BCUT2D eigenvalue weighted by Gasteiger charge is -2.09. The summed E-state index contributed by atoms with van der Waals surface area (Å²) in [6.45, 7) is 0. The molecule has 0 saturated carbocycles. The third kappa shape index (κ3) is 4.47. The molecule has 0 fully saturated rings. The molecule has 1 aromatic heterocycles. The zero-order chi connectivity index (χ0) is 19.4. The Kier molecular flexibility index (Phi) is 5.13. The van der Waals surface area contributed by atoms with Crippen LogP contribution in [0.2, 0.25) is 0 Å². The van der Waals surface area contributed by atoms with Gasteiger partial charge in [0.05, 0.1) is 11.1 Å². The Balaban J connectivity index is 1.83. The number of thiazole rings is 1. The van der Waals surface area contributed by atoms with Crippen molar-refractivity contribution >= 4 is 45.7 Å². The summed E-state index contributed by atoms with van der Waals surface area (Å²) in [5.41, 5.74) is 0.585. The molecule has 136 valence electrons. The number of rotatable bonds is 6. The van der Waals surface area contributed by atoms with E-state index < -0.39 is 17.8 Å². The lowest BCUT2D eigenvalue weighted by atomic mass is 10.1. The van der Waals surface area contributed by atoms with Gasteiger partial charge in [-0.25, -0.2) is 14.6 Å². The average Bonchev–Trinajstić information content (AvgIpc) is 3.14. The fourth-order valence-corrected chi connectivity index (χ4v) is 2.85. The lowest BCUT2D eigenvalue weighted by Crippen LogP contribution is -2.13. The summed E-state index contributed by atoms with van der Waals surface area (Å²) < 4.78 is 0. The quantitative estimate of drug-likeness (QED) is 0.512. The van der Waals surface area contributed by atoms with Crippen molar-refractivity contribution < 1.29 is 24.6 Å². The minimum atomic E-state index is -1.29. The Morgan fingerprint density at radius 1 is 0.889 bits per heavy atom. The zero-order valence-corrected chi connectivity index (χ0v) is 14.5. The van der Waals surface area contributed by atoms with E-state index in [9.17, 15) is 14.4 Å². The largest absolute Gasteiger partial charge is 0.478 e. The Bertz CT molecular complexity index is 985. The predicted octanol–water partition coefficient (Wildman–Crippen LogP) is 3.54. The van der Waals surface area contributed by atoms with Crippen molar-refractivity contribution in [3.63, 3.8) is 0 Å². The van der Waals surface area contributed by atoms with Crippen LogP contribution in [0, 0.1) is 0 Å². The minimum Gasteiger partial charge on any atom is -0.478 e. The molecule has 0 atom stereocenters. The van der Waals surface area contributed by atoms with Crippen molar-refractivity contribution in [1.29, 1.82) is 0 Å². The van der Waals surface area contributed by atoms with Crippen molar-refractivity contribution in [2.24, 2.45) is 0 Å². The summed E-state index contributed by atoms with van der Waals surface area (Å²) in [7, 11) is 0. The average molecular weight is 383 g/mol. The van der Waals surface area contributed by atoms with E-state index in [-0.39, 0.29) is 16.8 Å². The molecular formula is C18H13N3O5S. The van der Waals surface area contributed by atoms with Gasteiger partial charge in [0, 0.05) is 28.5 Å². The van der Waals surface area contributed by atoms with E-state index in [0.29, 0.717) is 16.4 Å². The number of carboxylic acid groups (broad SMARTS) is 2. The number of carboxylic acids is 2. The standard InChI is InChI=1S/C18H13N3O5S/c22-15(10-2-1-3-13(7-10)21-18-19-4-5-27-18)20-14-8-11(16(23)24)6-12(9-14)17(25)26/h1-9H,(H,19,21)(H,20,22)(H,23,24)(H,25,26). The van der Waals surface area contributed by atoms with E-state index in [1.807, 2.05) is 5.38 Å². The first-order valence-electron chi connectivity index (χ1n) is 7.62. The normalized spacial score (nSPS) is 10.2. The summed E-state index contributed by atoms with van der Waals surface area (Å²) in [5, 5.41) is 26.3. The molecule has 0 radical (unpaired) electrons. The molecule has 3 aromatic rings. The molecule has 27 heavy (non-hydrogen) atoms. The third-order valence-electron chi connectivity index (χ3n) is 3.49. The number of benzene rings is 2. The van der Waals surface area contributed by atoms with Gasteiger partial charge in [-0.05, 0) is 36.4 Å². The molecule has 0 bridgehead atoms. The summed E-state index contributed by atoms with van der Waals surface area (Å²) in [6, 6.07) is 10.1. The molecule has 4 N–H and O–H groups in total. The Morgan fingerprint density at radius 3 is 2.15 bits per heavy atom. The Morgan fingerprint density at radius 2 is 1.56 bits per heavy atom. The smallest absolute Gasteiger partial charge is 0.335 e. The van der Waals surface area contributed by atoms with Gasteiger partial charge in [0.2, 0.25) is 0 Å². The van der Waals surface area contributed by atoms with Crippen LogP contribution in [0.25, 0.3) is 0 Å².